The van der Waals surface area contributed by atoms with Crippen molar-refractivity contribution in [2.45, 2.75) is 57.9 Å². The number of rotatable bonds is 7. The Morgan fingerprint density at radius 3 is 3.00 bits per heavy atom. The Hall–Kier alpha value is -0.340. The molecule has 0 bridgehead atoms. The molecule has 1 rings (SSSR count). The van der Waals surface area contributed by atoms with Gasteiger partial charge in [-0.05, 0) is 45.1 Å². The van der Waals surface area contributed by atoms with Gasteiger partial charge in [0, 0.05) is 19.8 Å². The molecule has 94 valence electrons. The van der Waals surface area contributed by atoms with Gasteiger partial charge in [0.05, 0.1) is 0 Å². The Bertz CT molecular complexity index is 193. The minimum Gasteiger partial charge on any atom is -0.385 e. The van der Waals surface area contributed by atoms with Gasteiger partial charge in [0.15, 0.2) is 0 Å². The lowest BCUT2D eigenvalue weighted by Gasteiger charge is -2.21. The van der Waals surface area contributed by atoms with E-state index in [1.165, 1.54) is 38.5 Å². The van der Waals surface area contributed by atoms with Crippen LogP contribution in [0.5, 0.6) is 0 Å². The van der Waals surface area contributed by atoms with Crippen LogP contribution in [0, 0.1) is 0 Å². The van der Waals surface area contributed by atoms with Gasteiger partial charge in [-0.3, -0.25) is 0 Å². The van der Waals surface area contributed by atoms with Crippen molar-refractivity contribution in [2.75, 3.05) is 20.3 Å². The van der Waals surface area contributed by atoms with Crippen LogP contribution in [-0.2, 0) is 4.74 Å². The van der Waals surface area contributed by atoms with E-state index in [0.717, 1.165) is 19.6 Å². The van der Waals surface area contributed by atoms with Gasteiger partial charge in [-0.15, -0.1) is 0 Å². The summed E-state index contributed by atoms with van der Waals surface area (Å²) in [4.78, 5) is 0. The lowest BCUT2D eigenvalue weighted by molar-refractivity contribution is 0.186. The van der Waals surface area contributed by atoms with Crippen LogP contribution in [0.25, 0.3) is 0 Å². The highest BCUT2D eigenvalue weighted by Gasteiger charge is 2.14. The first-order chi connectivity index (χ1) is 7.88. The predicted molar refractivity (Wildman–Crippen MR) is 69.7 cm³/mol. The number of nitrogens with one attached hydrogen (secondary N) is 1. The Labute approximate surface area is 100 Å². The summed E-state index contributed by atoms with van der Waals surface area (Å²) in [6.07, 6.45) is 11.5. The van der Waals surface area contributed by atoms with Crippen LogP contribution in [-0.4, -0.2) is 26.3 Å². The molecule has 1 atom stereocenters. The van der Waals surface area contributed by atoms with E-state index in [9.17, 15) is 0 Å². The zero-order valence-corrected chi connectivity index (χ0v) is 10.9. The summed E-state index contributed by atoms with van der Waals surface area (Å²) in [5.41, 5.74) is 1.63. The van der Waals surface area contributed by atoms with Gasteiger partial charge in [-0.1, -0.05) is 25.0 Å². The lowest BCUT2D eigenvalue weighted by Crippen LogP contribution is -2.32. The summed E-state index contributed by atoms with van der Waals surface area (Å²) < 4.78 is 5.21. The topological polar surface area (TPSA) is 21.3 Å². The van der Waals surface area contributed by atoms with E-state index in [1.54, 1.807) is 12.7 Å². The molecule has 0 heterocycles. The van der Waals surface area contributed by atoms with Crippen LogP contribution in [0.4, 0.5) is 0 Å². The Balaban J connectivity index is 2.47. The standard InChI is InChI=1S/C14H27NO/c1-3-11-15-14(10-12-16-2)13-8-6-4-5-7-9-13/h8,14-15H,3-7,9-12H2,1-2H3. The van der Waals surface area contributed by atoms with E-state index < -0.39 is 0 Å². The molecule has 16 heavy (non-hydrogen) atoms. The minimum absolute atomic E-state index is 0.554. The lowest BCUT2D eigenvalue weighted by atomic mass is 9.99. The van der Waals surface area contributed by atoms with Crippen molar-refractivity contribution in [1.29, 1.82) is 0 Å². The van der Waals surface area contributed by atoms with E-state index in [4.69, 9.17) is 4.74 Å². The number of allylic oxidation sites excluding steroid dienone is 1. The number of hydrogen-bond donors (Lipinski definition) is 1. The van der Waals surface area contributed by atoms with Gasteiger partial charge in [0.2, 0.25) is 0 Å². The van der Waals surface area contributed by atoms with Crippen LogP contribution in [0.15, 0.2) is 11.6 Å². The molecule has 0 aliphatic heterocycles. The summed E-state index contributed by atoms with van der Waals surface area (Å²) in [6.45, 7) is 4.20. The zero-order chi connectivity index (χ0) is 11.6. The molecular weight excluding hydrogens is 198 g/mol. The van der Waals surface area contributed by atoms with Crippen LogP contribution in [0.2, 0.25) is 0 Å². The van der Waals surface area contributed by atoms with E-state index >= 15 is 0 Å². The third kappa shape index (κ3) is 5.13. The molecule has 0 radical (unpaired) electrons. The second-order valence-electron chi connectivity index (χ2n) is 4.67. The monoisotopic (exact) mass is 225 g/mol. The average molecular weight is 225 g/mol. The number of hydrogen-bond acceptors (Lipinski definition) is 2. The highest BCUT2D eigenvalue weighted by atomic mass is 16.5. The highest BCUT2D eigenvalue weighted by molar-refractivity contribution is 5.12. The van der Waals surface area contributed by atoms with Crippen LogP contribution < -0.4 is 5.32 Å². The molecule has 1 N–H and O–H groups in total. The summed E-state index contributed by atoms with van der Waals surface area (Å²) in [6, 6.07) is 0.554. The van der Waals surface area contributed by atoms with Crippen molar-refractivity contribution in [3.8, 4) is 0 Å². The summed E-state index contributed by atoms with van der Waals surface area (Å²) in [7, 11) is 1.79. The maximum absolute atomic E-state index is 5.21. The van der Waals surface area contributed by atoms with Crippen molar-refractivity contribution in [3.63, 3.8) is 0 Å². The SMILES string of the molecule is CCCNC(CCOC)C1=CCCCCC1. The normalized spacial score (nSPS) is 19.0. The first-order valence-electron chi connectivity index (χ1n) is 6.79. The van der Waals surface area contributed by atoms with Crippen molar-refractivity contribution >= 4 is 0 Å². The Kier molecular flexibility index (Phi) is 7.52. The molecule has 0 saturated heterocycles. The highest BCUT2D eigenvalue weighted by Crippen LogP contribution is 2.21. The minimum atomic E-state index is 0.554. The van der Waals surface area contributed by atoms with Gasteiger partial charge in [-0.25, -0.2) is 0 Å². The van der Waals surface area contributed by atoms with Crippen LogP contribution in [0.3, 0.4) is 0 Å². The second-order valence-corrected chi connectivity index (χ2v) is 4.67. The molecule has 0 aromatic carbocycles. The fourth-order valence-corrected chi connectivity index (χ4v) is 2.33. The van der Waals surface area contributed by atoms with Gasteiger partial charge in [-0.2, -0.15) is 0 Å². The van der Waals surface area contributed by atoms with Crippen molar-refractivity contribution in [1.82, 2.24) is 5.32 Å². The van der Waals surface area contributed by atoms with Gasteiger partial charge < -0.3 is 10.1 Å². The Morgan fingerprint density at radius 1 is 1.38 bits per heavy atom. The third-order valence-electron chi connectivity index (χ3n) is 3.28. The first-order valence-corrected chi connectivity index (χ1v) is 6.79. The second kappa shape index (κ2) is 8.77. The maximum atomic E-state index is 5.21. The van der Waals surface area contributed by atoms with Crippen molar-refractivity contribution in [3.05, 3.63) is 11.6 Å². The van der Waals surface area contributed by atoms with Crippen LogP contribution in [0.1, 0.15) is 51.9 Å². The molecule has 1 aliphatic carbocycles. The molecule has 0 fully saturated rings. The van der Waals surface area contributed by atoms with Gasteiger partial charge in [0.25, 0.3) is 0 Å². The molecule has 0 spiro atoms. The van der Waals surface area contributed by atoms with Crippen molar-refractivity contribution in [2.24, 2.45) is 0 Å². The van der Waals surface area contributed by atoms with Gasteiger partial charge >= 0.3 is 0 Å². The fourth-order valence-electron chi connectivity index (χ4n) is 2.33. The summed E-state index contributed by atoms with van der Waals surface area (Å²) in [5.74, 6) is 0. The molecule has 2 heteroatoms. The quantitative estimate of drug-likeness (QED) is 0.671. The molecule has 1 aliphatic rings. The van der Waals surface area contributed by atoms with E-state index in [0.29, 0.717) is 6.04 Å². The molecule has 0 aromatic rings. The zero-order valence-electron chi connectivity index (χ0n) is 10.9. The predicted octanol–water partition coefficient (Wildman–Crippen LogP) is 3.28. The van der Waals surface area contributed by atoms with Crippen molar-refractivity contribution < 1.29 is 4.74 Å². The first kappa shape index (κ1) is 13.7. The molecule has 0 aromatic heterocycles. The smallest absolute Gasteiger partial charge is 0.0480 e. The number of ether oxygens (including phenoxy) is 1. The summed E-state index contributed by atoms with van der Waals surface area (Å²) >= 11 is 0. The fraction of sp³-hybridized carbons (Fsp3) is 0.857. The molecule has 0 amide bonds. The van der Waals surface area contributed by atoms with Crippen LogP contribution >= 0.6 is 0 Å². The third-order valence-corrected chi connectivity index (χ3v) is 3.28. The molecule has 2 nitrogen and oxygen atoms in total. The molecular formula is C14H27NO. The van der Waals surface area contributed by atoms with E-state index in [2.05, 4.69) is 18.3 Å². The van der Waals surface area contributed by atoms with Gasteiger partial charge in [0.1, 0.15) is 0 Å². The average Bonchev–Trinajstić information content (AvgIpc) is 2.58. The summed E-state index contributed by atoms with van der Waals surface area (Å²) in [5, 5.41) is 3.65. The maximum Gasteiger partial charge on any atom is 0.0480 e. The number of methoxy groups -OCH3 is 1. The molecule has 1 unspecified atom stereocenters. The molecule has 0 saturated carbocycles. The van der Waals surface area contributed by atoms with E-state index in [-0.39, 0.29) is 0 Å². The Morgan fingerprint density at radius 2 is 2.25 bits per heavy atom. The van der Waals surface area contributed by atoms with E-state index in [1.807, 2.05) is 0 Å². The largest absolute Gasteiger partial charge is 0.385 e.